The van der Waals surface area contributed by atoms with Crippen molar-refractivity contribution in [3.63, 3.8) is 0 Å². The first-order valence-corrected chi connectivity index (χ1v) is 11.8. The van der Waals surface area contributed by atoms with Gasteiger partial charge in [0, 0.05) is 54.0 Å². The second-order valence-electron chi connectivity index (χ2n) is 8.14. The molecule has 1 saturated heterocycles. The predicted molar refractivity (Wildman–Crippen MR) is 133 cm³/mol. The van der Waals surface area contributed by atoms with E-state index in [1.54, 1.807) is 18.2 Å². The van der Waals surface area contributed by atoms with E-state index in [0.29, 0.717) is 40.4 Å². The quantitative estimate of drug-likeness (QED) is 0.238. The Morgan fingerprint density at radius 3 is 2.71 bits per heavy atom. The third-order valence-electron chi connectivity index (χ3n) is 6.03. The Morgan fingerprint density at radius 2 is 1.91 bits per heavy atom. The number of rotatable bonds is 5. The van der Waals surface area contributed by atoms with Crippen molar-refractivity contribution in [2.75, 3.05) is 57.1 Å². The van der Waals surface area contributed by atoms with Gasteiger partial charge >= 0.3 is 5.97 Å². The van der Waals surface area contributed by atoms with Crippen molar-refractivity contribution in [1.29, 1.82) is 0 Å². The number of anilines is 2. The Labute approximate surface area is 205 Å². The van der Waals surface area contributed by atoms with Crippen molar-refractivity contribution in [2.24, 2.45) is 5.16 Å². The lowest BCUT2D eigenvalue weighted by molar-refractivity contribution is -0.110. The summed E-state index contributed by atoms with van der Waals surface area (Å²) in [4.78, 5) is 33.2. The number of esters is 1. The number of nitrogens with zero attached hydrogens (tertiary/aromatic N) is 2. The third-order valence-corrected chi connectivity index (χ3v) is 6.53. The zero-order chi connectivity index (χ0) is 23.7. The van der Waals surface area contributed by atoms with Gasteiger partial charge < -0.3 is 25.5 Å². The summed E-state index contributed by atoms with van der Waals surface area (Å²) in [5, 5.41) is 14.0. The number of halogens is 1. The fourth-order valence-corrected chi connectivity index (χ4v) is 4.67. The molecule has 3 N–H and O–H groups in total. The molecule has 3 aliphatic rings. The smallest absolute Gasteiger partial charge is 0.337 e. The summed E-state index contributed by atoms with van der Waals surface area (Å²) in [6, 6.07) is 10.8. The maximum Gasteiger partial charge on any atom is 0.337 e. The average molecular weight is 526 g/mol. The number of hydrogen-bond donors (Lipinski definition) is 3. The van der Waals surface area contributed by atoms with E-state index in [2.05, 4.69) is 41.9 Å². The summed E-state index contributed by atoms with van der Waals surface area (Å²) < 4.78 is 5.75. The molecule has 2 aromatic rings. The van der Waals surface area contributed by atoms with Gasteiger partial charge in [0.05, 0.1) is 29.6 Å². The summed E-state index contributed by atoms with van der Waals surface area (Å²) in [5.41, 5.74) is 4.77. The van der Waals surface area contributed by atoms with Crippen LogP contribution in [0.2, 0.25) is 0 Å². The van der Waals surface area contributed by atoms with Crippen LogP contribution in [-0.2, 0) is 14.4 Å². The average Bonchev–Trinajstić information content (AvgIpc) is 3.36. The van der Waals surface area contributed by atoms with Gasteiger partial charge in [0.2, 0.25) is 0 Å². The van der Waals surface area contributed by atoms with Gasteiger partial charge in [0.1, 0.15) is 12.3 Å². The van der Waals surface area contributed by atoms with Gasteiger partial charge in [-0.1, -0.05) is 27.2 Å². The number of hydrogen-bond acceptors (Lipinski definition) is 8. The van der Waals surface area contributed by atoms with Crippen LogP contribution in [0.15, 0.2) is 51.7 Å². The van der Waals surface area contributed by atoms with E-state index >= 15 is 0 Å². The number of amides is 1. The minimum atomic E-state index is -0.448. The van der Waals surface area contributed by atoms with Gasteiger partial charge in [-0.2, -0.15) is 0 Å². The maximum atomic E-state index is 13.0. The minimum Gasteiger partial charge on any atom is -0.465 e. The van der Waals surface area contributed by atoms with Crippen LogP contribution >= 0.6 is 15.9 Å². The van der Waals surface area contributed by atoms with Crippen molar-refractivity contribution in [1.82, 2.24) is 10.2 Å². The second kappa shape index (κ2) is 9.57. The third kappa shape index (κ3) is 4.31. The molecular weight excluding hydrogens is 502 g/mol. The van der Waals surface area contributed by atoms with Gasteiger partial charge in [-0.3, -0.25) is 9.69 Å². The van der Waals surface area contributed by atoms with Crippen LogP contribution in [0.1, 0.15) is 21.5 Å². The van der Waals surface area contributed by atoms with E-state index in [0.717, 1.165) is 48.4 Å². The number of fused-ring (bicyclic) bond motifs is 2. The molecule has 0 spiro atoms. The van der Waals surface area contributed by atoms with Crippen molar-refractivity contribution < 1.29 is 19.2 Å². The fraction of sp³-hybridized carbons (Fsp3) is 0.292. The summed E-state index contributed by atoms with van der Waals surface area (Å²) in [5.74, 6) is -0.679. The van der Waals surface area contributed by atoms with Crippen molar-refractivity contribution in [3.05, 3.63) is 63.3 Å². The molecule has 1 amide bonds. The zero-order valence-corrected chi connectivity index (χ0v) is 20.2. The van der Waals surface area contributed by atoms with E-state index in [4.69, 9.17) is 9.57 Å². The monoisotopic (exact) mass is 525 g/mol. The number of nitrogens with one attached hydrogen (secondary N) is 3. The molecule has 3 aliphatic heterocycles. The molecule has 0 bridgehead atoms. The summed E-state index contributed by atoms with van der Waals surface area (Å²) in [7, 11) is 1.34. The molecule has 3 heterocycles. The van der Waals surface area contributed by atoms with Crippen LogP contribution in [0.4, 0.5) is 11.4 Å². The normalized spacial score (nSPS) is 20.5. The second-order valence-corrected chi connectivity index (χ2v) is 9.05. The summed E-state index contributed by atoms with van der Waals surface area (Å²) in [6.45, 7) is 5.02. The number of oxime groups is 1. The summed E-state index contributed by atoms with van der Waals surface area (Å²) in [6.07, 6.45) is 0. The number of allylic oxidation sites excluding steroid dienone is 1. The largest absolute Gasteiger partial charge is 0.465 e. The van der Waals surface area contributed by atoms with Gasteiger partial charge in [-0.05, 0) is 30.3 Å². The molecule has 176 valence electrons. The van der Waals surface area contributed by atoms with E-state index in [1.807, 2.05) is 18.2 Å². The van der Waals surface area contributed by atoms with Crippen LogP contribution in [0.3, 0.4) is 0 Å². The minimum absolute atomic E-state index is 0.231. The number of benzene rings is 2. The van der Waals surface area contributed by atoms with Crippen molar-refractivity contribution in [3.8, 4) is 0 Å². The molecule has 9 nitrogen and oxygen atoms in total. The first kappa shape index (κ1) is 22.6. The highest BCUT2D eigenvalue weighted by atomic mass is 79.9. The topological polar surface area (TPSA) is 104 Å². The van der Waals surface area contributed by atoms with Crippen molar-refractivity contribution in [2.45, 2.75) is 0 Å². The van der Waals surface area contributed by atoms with Gasteiger partial charge in [-0.15, -0.1) is 0 Å². The molecule has 0 atom stereocenters. The Balaban J connectivity index is 1.51. The van der Waals surface area contributed by atoms with Crippen LogP contribution in [0.25, 0.3) is 5.57 Å². The van der Waals surface area contributed by atoms with Gasteiger partial charge in [0.15, 0.2) is 0 Å². The molecule has 0 aliphatic carbocycles. The molecule has 34 heavy (non-hydrogen) atoms. The zero-order valence-electron chi connectivity index (χ0n) is 18.6. The maximum absolute atomic E-state index is 13.0. The molecule has 10 heteroatoms. The first-order valence-electron chi connectivity index (χ1n) is 11.0. The number of methoxy groups -OCH3 is 1. The SMILES string of the molecule is COC(=O)c1ccc2c(c1)C(=N\OCCN1CCNCC1)/C(=C1/C(=O)Nc3cc(Br)ccc31)N2. The Morgan fingerprint density at radius 1 is 1.09 bits per heavy atom. The highest BCUT2D eigenvalue weighted by molar-refractivity contribution is 9.10. The Bertz CT molecular complexity index is 1220. The lowest BCUT2D eigenvalue weighted by atomic mass is 10.0. The molecule has 0 aromatic heterocycles. The molecule has 2 aromatic carbocycles. The highest BCUT2D eigenvalue weighted by Gasteiger charge is 2.35. The lowest BCUT2D eigenvalue weighted by Gasteiger charge is -2.26. The number of carbonyl (C=O) groups is 2. The molecule has 1 fully saturated rings. The molecule has 0 unspecified atom stereocenters. The van der Waals surface area contributed by atoms with Gasteiger partial charge in [0.25, 0.3) is 5.91 Å². The predicted octanol–water partition coefficient (Wildman–Crippen LogP) is 2.65. The van der Waals surface area contributed by atoms with Crippen LogP contribution in [0.5, 0.6) is 0 Å². The number of ether oxygens (including phenoxy) is 1. The molecule has 0 saturated carbocycles. The molecule has 0 radical (unpaired) electrons. The number of piperazine rings is 1. The Kier molecular flexibility index (Phi) is 6.36. The highest BCUT2D eigenvalue weighted by Crippen LogP contribution is 2.40. The summed E-state index contributed by atoms with van der Waals surface area (Å²) >= 11 is 3.45. The van der Waals surface area contributed by atoms with Gasteiger partial charge in [-0.25, -0.2) is 4.79 Å². The van der Waals surface area contributed by atoms with Crippen LogP contribution < -0.4 is 16.0 Å². The fourth-order valence-electron chi connectivity index (χ4n) is 4.31. The lowest BCUT2D eigenvalue weighted by Crippen LogP contribution is -2.44. The number of carbonyl (C=O) groups excluding carboxylic acids is 2. The van der Waals surface area contributed by atoms with E-state index in [1.165, 1.54) is 7.11 Å². The van der Waals surface area contributed by atoms with Crippen molar-refractivity contribution >= 4 is 50.5 Å². The van der Waals surface area contributed by atoms with Crippen LogP contribution in [0, 0.1) is 0 Å². The van der Waals surface area contributed by atoms with E-state index in [-0.39, 0.29) is 5.91 Å². The van der Waals surface area contributed by atoms with Crippen LogP contribution in [-0.4, -0.2) is 68.9 Å². The molecule has 5 rings (SSSR count). The Hall–Kier alpha value is -3.21. The van der Waals surface area contributed by atoms with E-state index < -0.39 is 5.97 Å². The first-order chi connectivity index (χ1) is 16.5. The van der Waals surface area contributed by atoms with E-state index in [9.17, 15) is 9.59 Å². The molecular formula is C24H24BrN5O4. The standard InChI is InChI=1S/C24H24BrN5O4/c1-33-24(32)14-2-5-18-17(12-14)21(29-34-11-10-30-8-6-26-7-9-30)22(27-18)20-16-4-3-15(25)13-19(16)28-23(20)31/h2-5,12-13,26-27H,6-11H2,1H3,(H,28,31)/b22-20-,29-21+.